The van der Waals surface area contributed by atoms with Crippen LogP contribution in [0.2, 0.25) is 10.0 Å². The zero-order valence-corrected chi connectivity index (χ0v) is 20.1. The van der Waals surface area contributed by atoms with E-state index in [1.165, 1.54) is 28.6 Å². The van der Waals surface area contributed by atoms with Gasteiger partial charge in [-0.3, -0.25) is 14.4 Å². The maximum atomic E-state index is 13.1. The van der Waals surface area contributed by atoms with Crippen LogP contribution in [0.4, 0.5) is 11.7 Å². The molecule has 1 heterocycles. The normalized spacial score (nSPS) is 11.3. The van der Waals surface area contributed by atoms with Crippen LogP contribution >= 0.6 is 23.2 Å². The molecule has 0 unspecified atom stereocenters. The SMILES string of the molecule is CCN(c1ccccc1)S(=O)(=O)c1ccc(C(=O)Nc2nnc(-c3cc(Cl)ccc3Cl)o2)cc1. The molecule has 0 aliphatic carbocycles. The van der Waals surface area contributed by atoms with Gasteiger partial charge in [0.2, 0.25) is 0 Å². The van der Waals surface area contributed by atoms with Gasteiger partial charge < -0.3 is 4.42 Å². The molecule has 34 heavy (non-hydrogen) atoms. The molecule has 0 fully saturated rings. The average Bonchev–Trinajstić information content (AvgIpc) is 3.30. The standard InChI is InChI=1S/C23H18Cl2N4O4S/c1-2-29(17-6-4-3-5-7-17)34(31,32)18-11-8-15(9-12-18)21(30)26-23-28-27-22(33-23)19-14-16(24)10-13-20(19)25/h3-14H,2H2,1H3,(H,26,28,30). The molecule has 0 spiro atoms. The van der Waals surface area contributed by atoms with Crippen molar-refractivity contribution in [2.45, 2.75) is 11.8 Å². The second-order valence-corrected chi connectivity index (χ2v) is 9.73. The van der Waals surface area contributed by atoms with Crippen molar-refractivity contribution in [2.24, 2.45) is 0 Å². The van der Waals surface area contributed by atoms with E-state index >= 15 is 0 Å². The summed E-state index contributed by atoms with van der Waals surface area (Å²) >= 11 is 12.1. The van der Waals surface area contributed by atoms with Crippen LogP contribution in [0.3, 0.4) is 0 Å². The second kappa shape index (κ2) is 9.84. The molecule has 0 atom stereocenters. The first kappa shape index (κ1) is 23.7. The van der Waals surface area contributed by atoms with Crippen LogP contribution in [-0.4, -0.2) is 31.1 Å². The predicted molar refractivity (Wildman–Crippen MR) is 131 cm³/mol. The van der Waals surface area contributed by atoms with Gasteiger partial charge in [-0.05, 0) is 61.5 Å². The van der Waals surface area contributed by atoms with Crippen molar-refractivity contribution in [3.8, 4) is 11.5 Å². The fourth-order valence-corrected chi connectivity index (χ4v) is 5.05. The maximum Gasteiger partial charge on any atom is 0.322 e. The summed E-state index contributed by atoms with van der Waals surface area (Å²) in [5.41, 5.74) is 1.19. The minimum atomic E-state index is -3.80. The molecule has 11 heteroatoms. The van der Waals surface area contributed by atoms with Crippen molar-refractivity contribution in [1.82, 2.24) is 10.2 Å². The topological polar surface area (TPSA) is 105 Å². The third-order valence-electron chi connectivity index (χ3n) is 4.84. The number of halogens is 2. The Morgan fingerprint density at radius 2 is 1.71 bits per heavy atom. The number of nitrogens with one attached hydrogen (secondary N) is 1. The Balaban J connectivity index is 1.51. The summed E-state index contributed by atoms with van der Waals surface area (Å²) in [4.78, 5) is 12.7. The maximum absolute atomic E-state index is 13.1. The quantitative estimate of drug-likeness (QED) is 0.347. The molecule has 174 valence electrons. The van der Waals surface area contributed by atoms with Crippen molar-refractivity contribution < 1.29 is 17.6 Å². The number of benzene rings is 3. The number of hydrogen-bond acceptors (Lipinski definition) is 6. The van der Waals surface area contributed by atoms with Gasteiger partial charge in [0.25, 0.3) is 21.8 Å². The molecule has 4 aromatic rings. The third-order valence-corrected chi connectivity index (χ3v) is 7.32. The number of rotatable bonds is 7. The molecule has 0 saturated heterocycles. The lowest BCUT2D eigenvalue weighted by molar-refractivity contribution is 0.102. The Labute approximate surface area is 206 Å². The highest BCUT2D eigenvalue weighted by Crippen LogP contribution is 2.30. The highest BCUT2D eigenvalue weighted by atomic mass is 35.5. The molecular formula is C23H18Cl2N4O4S. The number of amides is 1. The van der Waals surface area contributed by atoms with Gasteiger partial charge in [0.1, 0.15) is 0 Å². The number of anilines is 2. The first-order valence-electron chi connectivity index (χ1n) is 10.1. The van der Waals surface area contributed by atoms with Gasteiger partial charge in [-0.2, -0.15) is 0 Å². The molecule has 8 nitrogen and oxygen atoms in total. The zero-order chi connectivity index (χ0) is 24.3. The minimum Gasteiger partial charge on any atom is -0.403 e. The largest absolute Gasteiger partial charge is 0.403 e. The monoisotopic (exact) mass is 516 g/mol. The van der Waals surface area contributed by atoms with E-state index in [2.05, 4.69) is 15.5 Å². The molecule has 0 aliphatic heterocycles. The fraction of sp³-hybridized carbons (Fsp3) is 0.0870. The van der Waals surface area contributed by atoms with Gasteiger partial charge in [0, 0.05) is 17.1 Å². The van der Waals surface area contributed by atoms with Crippen molar-refractivity contribution in [3.05, 3.63) is 88.4 Å². The van der Waals surface area contributed by atoms with Crippen molar-refractivity contribution >= 4 is 50.8 Å². The number of nitrogens with zero attached hydrogens (tertiary/aromatic N) is 3. The zero-order valence-electron chi connectivity index (χ0n) is 17.8. The molecule has 0 radical (unpaired) electrons. The summed E-state index contributed by atoms with van der Waals surface area (Å²) in [6, 6.07) is 19.0. The first-order chi connectivity index (χ1) is 16.3. The number of carbonyl (C=O) groups excluding carboxylic acids is 1. The number of sulfonamides is 1. The van der Waals surface area contributed by atoms with Crippen LogP contribution in [0.1, 0.15) is 17.3 Å². The van der Waals surface area contributed by atoms with Crippen LogP contribution in [0.15, 0.2) is 82.1 Å². The summed E-state index contributed by atoms with van der Waals surface area (Å²) in [5.74, 6) is -0.462. The van der Waals surface area contributed by atoms with E-state index in [9.17, 15) is 13.2 Å². The van der Waals surface area contributed by atoms with Crippen molar-refractivity contribution in [3.63, 3.8) is 0 Å². The van der Waals surface area contributed by atoms with Crippen molar-refractivity contribution in [2.75, 3.05) is 16.2 Å². The smallest absolute Gasteiger partial charge is 0.322 e. The fourth-order valence-electron chi connectivity index (χ4n) is 3.20. The van der Waals surface area contributed by atoms with Gasteiger partial charge >= 0.3 is 6.01 Å². The lowest BCUT2D eigenvalue weighted by Gasteiger charge is -2.22. The van der Waals surface area contributed by atoms with E-state index in [0.29, 0.717) is 21.3 Å². The lowest BCUT2D eigenvalue weighted by atomic mass is 10.2. The molecule has 4 rings (SSSR count). The highest BCUT2D eigenvalue weighted by molar-refractivity contribution is 7.92. The summed E-state index contributed by atoms with van der Waals surface area (Å²) in [6.45, 7) is 2.01. The number of para-hydroxylation sites is 1. The Kier molecular flexibility index (Phi) is 6.87. The Morgan fingerprint density at radius 3 is 2.38 bits per heavy atom. The molecule has 3 aromatic carbocycles. The molecule has 0 bridgehead atoms. The molecule has 1 N–H and O–H groups in total. The van der Waals surface area contributed by atoms with Gasteiger partial charge in [-0.15, -0.1) is 5.10 Å². The summed E-state index contributed by atoms with van der Waals surface area (Å²) in [6.07, 6.45) is 0. The van der Waals surface area contributed by atoms with Gasteiger partial charge in [0.05, 0.1) is 21.2 Å². The van der Waals surface area contributed by atoms with Gasteiger partial charge in [0.15, 0.2) is 0 Å². The number of aromatic nitrogens is 2. The Hall–Kier alpha value is -3.40. The van der Waals surface area contributed by atoms with Crippen molar-refractivity contribution in [1.29, 1.82) is 0 Å². The predicted octanol–water partition coefficient (Wildman–Crippen LogP) is 5.51. The van der Waals surface area contributed by atoms with E-state index < -0.39 is 15.9 Å². The van der Waals surface area contributed by atoms with E-state index in [4.69, 9.17) is 27.6 Å². The van der Waals surface area contributed by atoms with E-state index in [1.807, 2.05) is 6.07 Å². The van der Waals surface area contributed by atoms with E-state index in [-0.39, 0.29) is 28.9 Å². The molecule has 0 aliphatic rings. The summed E-state index contributed by atoms with van der Waals surface area (Å²) < 4.78 is 33.0. The summed E-state index contributed by atoms with van der Waals surface area (Å²) in [7, 11) is -3.80. The van der Waals surface area contributed by atoms with Crippen LogP contribution in [0, 0.1) is 0 Å². The first-order valence-corrected chi connectivity index (χ1v) is 12.3. The van der Waals surface area contributed by atoms with E-state index in [1.54, 1.807) is 49.4 Å². The third kappa shape index (κ3) is 4.91. The number of hydrogen-bond donors (Lipinski definition) is 1. The molecular weight excluding hydrogens is 499 g/mol. The van der Waals surface area contributed by atoms with E-state index in [0.717, 1.165) is 0 Å². The van der Waals surface area contributed by atoms with Crippen LogP contribution < -0.4 is 9.62 Å². The minimum absolute atomic E-state index is 0.0606. The number of carbonyl (C=O) groups is 1. The van der Waals surface area contributed by atoms with Crippen LogP contribution in [0.25, 0.3) is 11.5 Å². The van der Waals surface area contributed by atoms with Crippen LogP contribution in [-0.2, 0) is 10.0 Å². The molecule has 1 aromatic heterocycles. The summed E-state index contributed by atoms with van der Waals surface area (Å²) in [5, 5.41) is 11.0. The average molecular weight is 517 g/mol. The lowest BCUT2D eigenvalue weighted by Crippen LogP contribution is -2.30. The van der Waals surface area contributed by atoms with Gasteiger partial charge in [-0.25, -0.2) is 8.42 Å². The Morgan fingerprint density at radius 1 is 1.00 bits per heavy atom. The highest BCUT2D eigenvalue weighted by Gasteiger charge is 2.24. The second-order valence-electron chi connectivity index (χ2n) is 7.02. The van der Waals surface area contributed by atoms with Gasteiger partial charge in [-0.1, -0.05) is 46.5 Å². The molecule has 0 saturated carbocycles. The van der Waals surface area contributed by atoms with Crippen LogP contribution in [0.5, 0.6) is 0 Å². The molecule has 1 amide bonds. The Bertz CT molecular complexity index is 1430.